The summed E-state index contributed by atoms with van der Waals surface area (Å²) in [5.74, 6) is 0. The van der Waals surface area contributed by atoms with Crippen LogP contribution < -0.4 is 37.7 Å². The van der Waals surface area contributed by atoms with Gasteiger partial charge in [0.1, 0.15) is 0 Å². The first-order valence-corrected chi connectivity index (χ1v) is 3.31. The van der Waals surface area contributed by atoms with Crippen molar-refractivity contribution >= 4 is 11.8 Å². The molecule has 0 atom stereocenters. The van der Waals surface area contributed by atoms with Gasteiger partial charge in [-0.25, -0.2) is 0 Å². The van der Waals surface area contributed by atoms with Crippen molar-refractivity contribution in [1.29, 1.82) is 0 Å². The van der Waals surface area contributed by atoms with Crippen molar-refractivity contribution in [2.45, 2.75) is 4.90 Å². The summed E-state index contributed by atoms with van der Waals surface area (Å²) in [7, 11) is 0. The minimum Gasteiger partial charge on any atom is -0.345 e. The second kappa shape index (κ2) is 7.87. The quantitative estimate of drug-likeness (QED) is 0.218. The molecule has 0 bridgehead atoms. The Labute approximate surface area is 90.5 Å². The van der Waals surface area contributed by atoms with Gasteiger partial charge in [0.05, 0.1) is 0 Å². The molecule has 0 aliphatic heterocycles. The second-order valence-corrected chi connectivity index (χ2v) is 2.10. The molecule has 0 nitrogen and oxygen atoms in total. The third kappa shape index (κ3) is 4.56. The molecule has 0 amide bonds. The van der Waals surface area contributed by atoms with Gasteiger partial charge in [-0.15, -0.1) is 4.90 Å². The third-order valence-electron chi connectivity index (χ3n) is 0.836. The van der Waals surface area contributed by atoms with Gasteiger partial charge in [0.2, 0.25) is 0 Å². The minimum atomic E-state index is 0. The number of rotatable bonds is 1. The predicted molar refractivity (Wildman–Crippen MR) is 36.5 cm³/mol. The summed E-state index contributed by atoms with van der Waals surface area (Å²) >= 11 is 1.46. The number of thioether (sulfide) groups is 1. The zero-order valence-electron chi connectivity index (χ0n) is 6.42. The van der Waals surface area contributed by atoms with Crippen molar-refractivity contribution in [2.24, 2.45) is 0 Å². The van der Waals surface area contributed by atoms with Gasteiger partial charge in [0.25, 0.3) is 0 Å². The molecule has 10 heavy (non-hydrogen) atoms. The van der Waals surface area contributed by atoms with Gasteiger partial charge >= 0.3 is 37.7 Å². The maximum atomic E-state index is 3.64. The molecule has 3 heteroatoms. The van der Waals surface area contributed by atoms with Crippen LogP contribution >= 0.6 is 11.8 Å². The van der Waals surface area contributed by atoms with Gasteiger partial charge in [-0.1, -0.05) is 0 Å². The first kappa shape index (κ1) is 13.4. The van der Waals surface area contributed by atoms with Crippen LogP contribution in [0.2, 0.25) is 0 Å². The van der Waals surface area contributed by atoms with Crippen LogP contribution in [0.5, 0.6) is 0 Å². The molecule has 0 unspecified atom stereocenters. The van der Waals surface area contributed by atoms with Crippen LogP contribution in [0.1, 0.15) is 0 Å². The summed E-state index contributed by atoms with van der Waals surface area (Å²) in [4.78, 5) is 1.09. The first-order chi connectivity index (χ1) is 3.93. The van der Waals surface area contributed by atoms with Crippen molar-refractivity contribution in [3.05, 3.63) is 36.6 Å². The fourth-order valence-electron chi connectivity index (χ4n) is 0.467. The molecule has 0 saturated carbocycles. The largest absolute Gasteiger partial charge is 1.00 e. The van der Waals surface area contributed by atoms with E-state index in [9.17, 15) is 0 Å². The van der Waals surface area contributed by atoms with E-state index in [0.29, 0.717) is 0 Å². The van der Waals surface area contributed by atoms with E-state index in [-0.39, 0.29) is 37.7 Å². The van der Waals surface area contributed by atoms with E-state index < -0.39 is 0 Å². The monoisotopic (exact) mass is 136 g/mol. The summed E-state index contributed by atoms with van der Waals surface area (Å²) in [5.41, 5.74) is 0. The fraction of sp³-hybridized carbons (Fsp3) is 0. The Morgan fingerprint density at radius 3 is 2.30 bits per heavy atom. The molecule has 0 saturated heterocycles. The molecule has 0 aromatic heterocycles. The Bertz CT molecular complexity index is 153. The molecular weight excluding hydrogens is 130 g/mol. The number of hydrogen-bond acceptors (Lipinski definition) is 1. The van der Waals surface area contributed by atoms with E-state index in [1.807, 2.05) is 24.3 Å². The standard InChI is InChI=1S/C7H6S.2Li/c1-8-7-5-3-2-4-6-7;;/h2-5H,1H2;;/q-2;2*+1. The summed E-state index contributed by atoms with van der Waals surface area (Å²) < 4.78 is 0. The van der Waals surface area contributed by atoms with Crippen LogP contribution in [0.4, 0.5) is 0 Å². The Morgan fingerprint density at radius 2 is 2.00 bits per heavy atom. The normalized spacial score (nSPS) is 7.30. The molecule has 0 radical (unpaired) electrons. The molecule has 0 heterocycles. The summed E-state index contributed by atoms with van der Waals surface area (Å²) in [6.07, 6.45) is 3.64. The van der Waals surface area contributed by atoms with Crippen LogP contribution in [0, 0.1) is 12.3 Å². The average Bonchev–Trinajstić information content (AvgIpc) is 1.90. The average molecular weight is 136 g/mol. The number of benzene rings is 1. The van der Waals surface area contributed by atoms with Gasteiger partial charge in [-0.2, -0.15) is 30.3 Å². The molecule has 42 valence electrons. The van der Waals surface area contributed by atoms with Crippen molar-refractivity contribution in [3.63, 3.8) is 0 Å². The molecule has 0 N–H and O–H groups in total. The third-order valence-corrected chi connectivity index (χ3v) is 1.40. The van der Waals surface area contributed by atoms with Crippen LogP contribution in [-0.2, 0) is 0 Å². The van der Waals surface area contributed by atoms with E-state index in [1.165, 1.54) is 11.8 Å². The molecule has 1 rings (SSSR count). The maximum Gasteiger partial charge on any atom is 1.00 e. The van der Waals surface area contributed by atoms with Gasteiger partial charge < -0.3 is 11.8 Å². The SMILES string of the molecule is [CH2-]Sc1[c-]cccc1.[Li+].[Li+]. The van der Waals surface area contributed by atoms with Crippen LogP contribution in [-0.4, -0.2) is 0 Å². The Kier molecular flexibility index (Phi) is 10.5. The first-order valence-electron chi connectivity index (χ1n) is 2.32. The number of hydrogen-bond donors (Lipinski definition) is 0. The van der Waals surface area contributed by atoms with E-state index >= 15 is 0 Å². The van der Waals surface area contributed by atoms with E-state index in [2.05, 4.69) is 12.3 Å². The van der Waals surface area contributed by atoms with Gasteiger partial charge in [0, 0.05) is 0 Å². The second-order valence-electron chi connectivity index (χ2n) is 1.37. The van der Waals surface area contributed by atoms with Gasteiger partial charge in [0.15, 0.2) is 0 Å². The van der Waals surface area contributed by atoms with Crippen molar-refractivity contribution < 1.29 is 37.7 Å². The predicted octanol–water partition coefficient (Wildman–Crippen LogP) is -3.62. The van der Waals surface area contributed by atoms with Crippen molar-refractivity contribution in [2.75, 3.05) is 0 Å². The molecule has 0 aliphatic carbocycles. The summed E-state index contributed by atoms with van der Waals surface area (Å²) in [6.45, 7) is 0. The van der Waals surface area contributed by atoms with Crippen LogP contribution in [0.15, 0.2) is 29.2 Å². The van der Waals surface area contributed by atoms with E-state index in [1.54, 1.807) is 0 Å². The van der Waals surface area contributed by atoms with E-state index in [0.717, 1.165) is 4.90 Å². The van der Waals surface area contributed by atoms with Crippen molar-refractivity contribution in [3.8, 4) is 0 Å². The smallest absolute Gasteiger partial charge is 0.345 e. The zero-order valence-corrected chi connectivity index (χ0v) is 7.24. The van der Waals surface area contributed by atoms with Crippen LogP contribution in [0.3, 0.4) is 0 Å². The molecule has 0 spiro atoms. The van der Waals surface area contributed by atoms with Crippen molar-refractivity contribution in [1.82, 2.24) is 0 Å². The Balaban J connectivity index is 0. The molecule has 0 fully saturated rings. The van der Waals surface area contributed by atoms with Crippen LogP contribution in [0.25, 0.3) is 0 Å². The molecule has 0 aliphatic rings. The minimum absolute atomic E-state index is 0. The summed E-state index contributed by atoms with van der Waals surface area (Å²) in [6, 6.07) is 10.8. The van der Waals surface area contributed by atoms with Gasteiger partial charge in [-0.05, 0) is 0 Å². The zero-order chi connectivity index (χ0) is 5.82. The van der Waals surface area contributed by atoms with E-state index in [4.69, 9.17) is 0 Å². The fourth-order valence-corrected chi connectivity index (χ4v) is 0.793. The topological polar surface area (TPSA) is 0 Å². The summed E-state index contributed by atoms with van der Waals surface area (Å²) in [5, 5.41) is 0. The molecule has 1 aromatic rings. The Hall–Kier alpha value is 0.765. The Morgan fingerprint density at radius 1 is 1.30 bits per heavy atom. The molecular formula is C7H6Li2S. The maximum absolute atomic E-state index is 3.64. The molecule has 1 aromatic carbocycles. The van der Waals surface area contributed by atoms with Gasteiger partial charge in [-0.3, -0.25) is 6.26 Å².